The summed E-state index contributed by atoms with van der Waals surface area (Å²) in [6.07, 6.45) is 0.585. The number of rotatable bonds is 5. The van der Waals surface area contributed by atoms with Crippen LogP contribution in [0.5, 0.6) is 5.75 Å². The van der Waals surface area contributed by atoms with Gasteiger partial charge in [0.25, 0.3) is 5.91 Å². The number of nitrogens with one attached hydrogen (secondary N) is 1. The van der Waals surface area contributed by atoms with Gasteiger partial charge in [0.15, 0.2) is 0 Å². The maximum atomic E-state index is 12.1. The van der Waals surface area contributed by atoms with Gasteiger partial charge in [-0.3, -0.25) is 4.79 Å². The summed E-state index contributed by atoms with van der Waals surface area (Å²) in [5.41, 5.74) is 6.02. The number of amides is 1. The third kappa shape index (κ3) is 2.92. The fourth-order valence-electron chi connectivity index (χ4n) is 1.45. The average molecular weight is 252 g/mol. The van der Waals surface area contributed by atoms with Gasteiger partial charge >= 0.3 is 0 Å². The largest absolute Gasteiger partial charge is 0.495 e. The highest BCUT2D eigenvalue weighted by Crippen LogP contribution is 2.26. The van der Waals surface area contributed by atoms with E-state index < -0.39 is 5.60 Å². The summed E-state index contributed by atoms with van der Waals surface area (Å²) in [7, 11) is 3.05. The highest BCUT2D eigenvalue weighted by atomic mass is 16.5. The molecule has 1 rings (SSSR count). The van der Waals surface area contributed by atoms with E-state index in [4.69, 9.17) is 15.2 Å². The summed E-state index contributed by atoms with van der Waals surface area (Å²) in [4.78, 5) is 12.1. The molecule has 1 atom stereocenters. The summed E-state index contributed by atoms with van der Waals surface area (Å²) >= 11 is 0. The van der Waals surface area contributed by atoms with Crippen LogP contribution in [0.1, 0.15) is 20.3 Å². The van der Waals surface area contributed by atoms with Crippen LogP contribution < -0.4 is 15.8 Å². The average Bonchev–Trinajstić information content (AvgIpc) is 2.39. The Balaban J connectivity index is 2.88. The SMILES string of the molecule is CCC(C)(OC)C(=O)Nc1ccc(N)c(OC)c1. The number of hydrogen-bond donors (Lipinski definition) is 2. The molecule has 0 saturated carbocycles. The Hall–Kier alpha value is -1.75. The maximum absolute atomic E-state index is 12.1. The number of benzene rings is 1. The van der Waals surface area contributed by atoms with E-state index in [1.165, 1.54) is 14.2 Å². The van der Waals surface area contributed by atoms with Gasteiger partial charge in [-0.2, -0.15) is 0 Å². The molecular formula is C13H20N2O3. The second-order valence-corrected chi connectivity index (χ2v) is 4.20. The Morgan fingerprint density at radius 1 is 1.44 bits per heavy atom. The number of methoxy groups -OCH3 is 2. The van der Waals surface area contributed by atoms with Crippen LogP contribution in [0.15, 0.2) is 18.2 Å². The third-order valence-electron chi connectivity index (χ3n) is 3.10. The lowest BCUT2D eigenvalue weighted by molar-refractivity contribution is -0.136. The van der Waals surface area contributed by atoms with Crippen LogP contribution in [0, 0.1) is 0 Å². The molecule has 0 aliphatic heterocycles. The van der Waals surface area contributed by atoms with Crippen molar-refractivity contribution in [2.75, 3.05) is 25.3 Å². The highest BCUT2D eigenvalue weighted by molar-refractivity contribution is 5.97. The Bertz CT molecular complexity index is 428. The predicted molar refractivity (Wildman–Crippen MR) is 71.7 cm³/mol. The van der Waals surface area contributed by atoms with Gasteiger partial charge in [0, 0.05) is 18.9 Å². The molecule has 0 spiro atoms. The fraction of sp³-hybridized carbons (Fsp3) is 0.462. The van der Waals surface area contributed by atoms with Crippen LogP contribution in [0.4, 0.5) is 11.4 Å². The Morgan fingerprint density at radius 2 is 2.11 bits per heavy atom. The lowest BCUT2D eigenvalue weighted by atomic mass is 10.0. The summed E-state index contributed by atoms with van der Waals surface area (Å²) < 4.78 is 10.3. The molecule has 1 amide bonds. The summed E-state index contributed by atoms with van der Waals surface area (Å²) in [6, 6.07) is 5.09. The van der Waals surface area contributed by atoms with Crippen LogP contribution in [0.25, 0.3) is 0 Å². The first kappa shape index (κ1) is 14.3. The van der Waals surface area contributed by atoms with Crippen molar-refractivity contribution < 1.29 is 14.3 Å². The molecule has 0 fully saturated rings. The zero-order chi connectivity index (χ0) is 13.8. The molecule has 5 nitrogen and oxygen atoms in total. The van der Waals surface area contributed by atoms with Crippen LogP contribution >= 0.6 is 0 Å². The molecular weight excluding hydrogens is 232 g/mol. The molecule has 1 aromatic rings. The van der Waals surface area contributed by atoms with E-state index in [1.54, 1.807) is 25.1 Å². The van der Waals surface area contributed by atoms with Gasteiger partial charge in [-0.15, -0.1) is 0 Å². The van der Waals surface area contributed by atoms with E-state index in [1.807, 2.05) is 6.92 Å². The first-order valence-electron chi connectivity index (χ1n) is 5.77. The monoisotopic (exact) mass is 252 g/mol. The van der Waals surface area contributed by atoms with Gasteiger partial charge in [-0.1, -0.05) is 6.92 Å². The summed E-state index contributed by atoms with van der Waals surface area (Å²) in [5, 5.41) is 2.79. The summed E-state index contributed by atoms with van der Waals surface area (Å²) in [5.74, 6) is 0.336. The predicted octanol–water partition coefficient (Wildman–Crippen LogP) is 2.03. The van der Waals surface area contributed by atoms with Gasteiger partial charge in [0.2, 0.25) is 0 Å². The number of nitrogen functional groups attached to an aromatic ring is 1. The molecule has 18 heavy (non-hydrogen) atoms. The lowest BCUT2D eigenvalue weighted by Gasteiger charge is -2.25. The van der Waals surface area contributed by atoms with Crippen LogP contribution in [0.3, 0.4) is 0 Å². The van der Waals surface area contributed by atoms with E-state index in [0.29, 0.717) is 23.5 Å². The quantitative estimate of drug-likeness (QED) is 0.786. The molecule has 0 aliphatic carbocycles. The van der Waals surface area contributed by atoms with E-state index in [2.05, 4.69) is 5.32 Å². The Morgan fingerprint density at radius 3 is 2.61 bits per heavy atom. The molecule has 0 bridgehead atoms. The van der Waals surface area contributed by atoms with E-state index in [-0.39, 0.29) is 5.91 Å². The number of hydrogen-bond acceptors (Lipinski definition) is 4. The molecule has 0 aliphatic rings. The van der Waals surface area contributed by atoms with E-state index >= 15 is 0 Å². The van der Waals surface area contributed by atoms with Crippen molar-refractivity contribution in [1.82, 2.24) is 0 Å². The molecule has 100 valence electrons. The number of carbonyl (C=O) groups excluding carboxylic acids is 1. The minimum Gasteiger partial charge on any atom is -0.495 e. The first-order valence-corrected chi connectivity index (χ1v) is 5.77. The van der Waals surface area contributed by atoms with Crippen LogP contribution in [0.2, 0.25) is 0 Å². The smallest absolute Gasteiger partial charge is 0.256 e. The fourth-order valence-corrected chi connectivity index (χ4v) is 1.45. The zero-order valence-electron chi connectivity index (χ0n) is 11.2. The topological polar surface area (TPSA) is 73.6 Å². The lowest BCUT2D eigenvalue weighted by Crippen LogP contribution is -2.41. The van der Waals surface area contributed by atoms with Crippen LogP contribution in [-0.2, 0) is 9.53 Å². The zero-order valence-corrected chi connectivity index (χ0v) is 11.2. The van der Waals surface area contributed by atoms with Crippen molar-refractivity contribution in [3.8, 4) is 5.75 Å². The minimum atomic E-state index is -0.839. The second kappa shape index (κ2) is 5.73. The van der Waals surface area contributed by atoms with Crippen molar-refractivity contribution in [3.63, 3.8) is 0 Å². The molecule has 0 radical (unpaired) electrons. The van der Waals surface area contributed by atoms with Crippen molar-refractivity contribution >= 4 is 17.3 Å². The minimum absolute atomic E-state index is 0.195. The number of anilines is 2. The van der Waals surface area contributed by atoms with Gasteiger partial charge in [0.05, 0.1) is 12.8 Å². The molecule has 0 heterocycles. The molecule has 1 unspecified atom stereocenters. The van der Waals surface area contributed by atoms with Gasteiger partial charge < -0.3 is 20.5 Å². The van der Waals surface area contributed by atoms with Crippen molar-refractivity contribution in [2.24, 2.45) is 0 Å². The molecule has 3 N–H and O–H groups in total. The maximum Gasteiger partial charge on any atom is 0.256 e. The van der Waals surface area contributed by atoms with Crippen molar-refractivity contribution in [2.45, 2.75) is 25.9 Å². The Labute approximate surface area is 107 Å². The summed E-state index contributed by atoms with van der Waals surface area (Å²) in [6.45, 7) is 3.64. The molecule has 5 heteroatoms. The van der Waals surface area contributed by atoms with E-state index in [9.17, 15) is 4.79 Å². The standard InChI is InChI=1S/C13H20N2O3/c1-5-13(2,18-4)12(16)15-9-6-7-10(14)11(8-9)17-3/h6-8H,5,14H2,1-4H3,(H,15,16). The number of carbonyl (C=O) groups is 1. The van der Waals surface area contributed by atoms with Gasteiger partial charge in [0.1, 0.15) is 11.4 Å². The van der Waals surface area contributed by atoms with Crippen LogP contribution in [-0.4, -0.2) is 25.7 Å². The second-order valence-electron chi connectivity index (χ2n) is 4.20. The van der Waals surface area contributed by atoms with Crippen molar-refractivity contribution in [1.29, 1.82) is 0 Å². The molecule has 0 saturated heterocycles. The third-order valence-corrected chi connectivity index (χ3v) is 3.10. The number of nitrogens with two attached hydrogens (primary N) is 1. The normalized spacial score (nSPS) is 13.8. The van der Waals surface area contributed by atoms with E-state index in [0.717, 1.165) is 0 Å². The number of ether oxygens (including phenoxy) is 2. The van der Waals surface area contributed by atoms with Gasteiger partial charge in [-0.05, 0) is 25.5 Å². The molecule has 0 aromatic heterocycles. The first-order chi connectivity index (χ1) is 8.46. The Kier molecular flexibility index (Phi) is 4.55. The van der Waals surface area contributed by atoms with Gasteiger partial charge in [-0.25, -0.2) is 0 Å². The van der Waals surface area contributed by atoms with Crippen molar-refractivity contribution in [3.05, 3.63) is 18.2 Å². The highest BCUT2D eigenvalue weighted by Gasteiger charge is 2.30. The molecule has 1 aromatic carbocycles.